The third kappa shape index (κ3) is 1.73. The summed E-state index contributed by atoms with van der Waals surface area (Å²) in [7, 11) is 4.17. The number of aryl methyl sites for hydroxylation is 1. The maximum Gasteiger partial charge on any atom is 0.0452 e. The zero-order chi connectivity index (χ0) is 12.1. The van der Waals surface area contributed by atoms with Crippen molar-refractivity contribution in [3.63, 3.8) is 0 Å². The molecular formula is C13H23N3. The van der Waals surface area contributed by atoms with Gasteiger partial charge in [-0.2, -0.15) is 0 Å². The van der Waals surface area contributed by atoms with Crippen LogP contribution in [-0.4, -0.2) is 18.8 Å². The quantitative estimate of drug-likeness (QED) is 0.786. The van der Waals surface area contributed by atoms with E-state index in [0.717, 1.165) is 12.8 Å². The van der Waals surface area contributed by atoms with Crippen molar-refractivity contribution >= 4 is 0 Å². The molecule has 2 rings (SSSR count). The summed E-state index contributed by atoms with van der Waals surface area (Å²) in [5, 5.41) is 2.14. The van der Waals surface area contributed by atoms with E-state index in [2.05, 4.69) is 50.6 Å². The molecule has 0 spiro atoms. The van der Waals surface area contributed by atoms with Gasteiger partial charge in [-0.3, -0.25) is 4.68 Å². The molecule has 16 heavy (non-hydrogen) atoms. The Kier molecular flexibility index (Phi) is 2.54. The van der Waals surface area contributed by atoms with Crippen molar-refractivity contribution in [2.24, 2.45) is 11.1 Å². The van der Waals surface area contributed by atoms with Crippen LogP contribution >= 0.6 is 0 Å². The van der Waals surface area contributed by atoms with Crippen molar-refractivity contribution in [2.75, 3.05) is 19.1 Å². The predicted octanol–water partition coefficient (Wildman–Crippen LogP) is 1.97. The minimum atomic E-state index is 0.193. The lowest BCUT2D eigenvalue weighted by molar-refractivity contribution is 0.275. The number of fused-ring (bicyclic) bond motifs is 1. The maximum atomic E-state index is 6.27. The predicted molar refractivity (Wildman–Crippen MR) is 68.3 cm³/mol. The van der Waals surface area contributed by atoms with Crippen molar-refractivity contribution in [3.05, 3.63) is 23.0 Å². The fraction of sp³-hybridized carbons (Fsp3) is 0.692. The number of nitrogens with two attached hydrogens (primary N) is 1. The first-order chi connectivity index (χ1) is 7.32. The van der Waals surface area contributed by atoms with E-state index in [0.29, 0.717) is 5.41 Å². The molecule has 0 amide bonds. The van der Waals surface area contributed by atoms with Gasteiger partial charge in [0.05, 0.1) is 0 Å². The van der Waals surface area contributed by atoms with E-state index in [1.807, 2.05) is 0 Å². The second-order valence-electron chi connectivity index (χ2n) is 6.00. The van der Waals surface area contributed by atoms with Crippen LogP contribution in [0.3, 0.4) is 0 Å². The zero-order valence-electron chi connectivity index (χ0n) is 11.0. The summed E-state index contributed by atoms with van der Waals surface area (Å²) in [6.07, 6.45) is 2.19. The van der Waals surface area contributed by atoms with E-state index in [9.17, 15) is 0 Å². The van der Waals surface area contributed by atoms with Crippen LogP contribution in [0.25, 0.3) is 0 Å². The molecular weight excluding hydrogens is 198 g/mol. The molecule has 0 saturated heterocycles. The van der Waals surface area contributed by atoms with Crippen LogP contribution in [0.15, 0.2) is 6.07 Å². The smallest absolute Gasteiger partial charge is 0.0452 e. The second-order valence-corrected chi connectivity index (χ2v) is 6.00. The third-order valence-corrected chi connectivity index (χ3v) is 3.51. The summed E-state index contributed by atoms with van der Waals surface area (Å²) >= 11 is 0. The third-order valence-electron chi connectivity index (χ3n) is 3.51. The number of hydrogen-bond donors (Lipinski definition) is 1. The number of hydrogen-bond acceptors (Lipinski definition) is 2. The maximum absolute atomic E-state index is 6.27. The lowest BCUT2D eigenvalue weighted by atomic mass is 9.75. The van der Waals surface area contributed by atoms with Crippen molar-refractivity contribution in [1.29, 1.82) is 0 Å². The fourth-order valence-electron chi connectivity index (χ4n) is 2.99. The van der Waals surface area contributed by atoms with Crippen LogP contribution in [0, 0.1) is 12.3 Å². The van der Waals surface area contributed by atoms with Gasteiger partial charge in [0.15, 0.2) is 0 Å². The highest BCUT2D eigenvalue weighted by molar-refractivity contribution is 5.35. The normalized spacial score (nSPS) is 23.0. The van der Waals surface area contributed by atoms with Crippen molar-refractivity contribution in [2.45, 2.75) is 39.7 Å². The first-order valence-electron chi connectivity index (χ1n) is 5.96. The Bertz CT molecular complexity index is 402. The topological polar surface area (TPSA) is 34.2 Å². The van der Waals surface area contributed by atoms with Gasteiger partial charge >= 0.3 is 0 Å². The number of rotatable bonds is 1. The van der Waals surface area contributed by atoms with E-state index in [-0.39, 0.29) is 6.04 Å². The second kappa shape index (κ2) is 3.52. The minimum Gasteiger partial charge on any atom is -0.324 e. The van der Waals surface area contributed by atoms with Gasteiger partial charge in [0.1, 0.15) is 0 Å². The van der Waals surface area contributed by atoms with Gasteiger partial charge in [-0.05, 0) is 36.8 Å². The highest BCUT2D eigenvalue weighted by Gasteiger charge is 2.33. The first kappa shape index (κ1) is 11.5. The molecule has 0 aromatic carbocycles. The largest absolute Gasteiger partial charge is 0.324 e. The van der Waals surface area contributed by atoms with Crippen molar-refractivity contribution in [1.82, 2.24) is 4.68 Å². The van der Waals surface area contributed by atoms with E-state index in [1.165, 1.54) is 17.0 Å². The van der Waals surface area contributed by atoms with Crippen LogP contribution in [-0.2, 0) is 6.42 Å². The van der Waals surface area contributed by atoms with Gasteiger partial charge in [-0.1, -0.05) is 13.8 Å². The molecule has 1 aromatic heterocycles. The highest BCUT2D eigenvalue weighted by Crippen LogP contribution is 2.40. The van der Waals surface area contributed by atoms with Gasteiger partial charge in [0.2, 0.25) is 0 Å². The summed E-state index contributed by atoms with van der Waals surface area (Å²) in [5.41, 5.74) is 10.6. The molecule has 90 valence electrons. The van der Waals surface area contributed by atoms with Gasteiger partial charge in [-0.25, -0.2) is 0 Å². The molecule has 1 aliphatic rings. The summed E-state index contributed by atoms with van der Waals surface area (Å²) in [6, 6.07) is 2.44. The summed E-state index contributed by atoms with van der Waals surface area (Å²) in [4.78, 5) is 0. The summed E-state index contributed by atoms with van der Waals surface area (Å²) in [6.45, 7) is 6.76. The highest BCUT2D eigenvalue weighted by atomic mass is 15.5. The number of aromatic nitrogens is 1. The van der Waals surface area contributed by atoms with E-state index >= 15 is 0 Å². The van der Waals surface area contributed by atoms with E-state index < -0.39 is 0 Å². The monoisotopic (exact) mass is 221 g/mol. The van der Waals surface area contributed by atoms with Crippen LogP contribution in [0.1, 0.15) is 43.3 Å². The molecule has 1 atom stereocenters. The summed E-state index contributed by atoms with van der Waals surface area (Å²) < 4.78 is 2.29. The molecule has 3 heteroatoms. The van der Waals surface area contributed by atoms with Crippen LogP contribution in [0.2, 0.25) is 0 Å². The van der Waals surface area contributed by atoms with Crippen LogP contribution in [0.4, 0.5) is 0 Å². The Morgan fingerprint density at radius 2 is 2.06 bits per heavy atom. The van der Waals surface area contributed by atoms with Crippen LogP contribution < -0.4 is 10.7 Å². The Hall–Kier alpha value is -0.960. The van der Waals surface area contributed by atoms with E-state index in [4.69, 9.17) is 5.73 Å². The lowest BCUT2D eigenvalue weighted by Crippen LogP contribution is -2.34. The van der Waals surface area contributed by atoms with Gasteiger partial charge in [0.25, 0.3) is 0 Å². The molecule has 0 saturated carbocycles. The molecule has 1 aromatic rings. The van der Waals surface area contributed by atoms with Crippen LogP contribution in [0.5, 0.6) is 0 Å². The zero-order valence-corrected chi connectivity index (χ0v) is 11.0. The first-order valence-corrected chi connectivity index (χ1v) is 5.96. The minimum absolute atomic E-state index is 0.193. The van der Waals surface area contributed by atoms with E-state index in [1.54, 1.807) is 0 Å². The average Bonchev–Trinajstić information content (AvgIpc) is 2.39. The Morgan fingerprint density at radius 3 is 2.62 bits per heavy atom. The SMILES string of the molecule is Cc1cc2c(n1N(C)C)CC(C)(C)CC2N. The Morgan fingerprint density at radius 1 is 1.44 bits per heavy atom. The van der Waals surface area contributed by atoms with Gasteiger partial charge < -0.3 is 10.7 Å². The molecule has 1 heterocycles. The molecule has 0 bridgehead atoms. The molecule has 0 fully saturated rings. The summed E-state index contributed by atoms with van der Waals surface area (Å²) in [5.74, 6) is 0. The Labute approximate surface area is 98.2 Å². The van der Waals surface area contributed by atoms with Crippen molar-refractivity contribution < 1.29 is 0 Å². The molecule has 2 N–H and O–H groups in total. The van der Waals surface area contributed by atoms with Crippen molar-refractivity contribution in [3.8, 4) is 0 Å². The molecule has 1 aliphatic carbocycles. The standard InChI is InChI=1S/C13H23N3/c1-9-6-10-11(14)7-13(2,3)8-12(10)16(9)15(4)5/h6,11H,7-8,14H2,1-5H3. The molecule has 0 aliphatic heterocycles. The fourth-order valence-corrected chi connectivity index (χ4v) is 2.99. The average molecular weight is 221 g/mol. The molecule has 1 unspecified atom stereocenters. The Balaban J connectivity index is 2.54. The molecule has 3 nitrogen and oxygen atoms in total. The van der Waals surface area contributed by atoms with Gasteiger partial charge in [0, 0.05) is 31.5 Å². The number of nitrogens with zero attached hydrogens (tertiary/aromatic N) is 2. The molecule has 0 radical (unpaired) electrons. The lowest BCUT2D eigenvalue weighted by Gasteiger charge is -2.35. The van der Waals surface area contributed by atoms with Gasteiger partial charge in [-0.15, -0.1) is 0 Å².